The van der Waals surface area contributed by atoms with Crippen LogP contribution >= 0.6 is 0 Å². The molecule has 1 saturated carbocycles. The minimum Gasteiger partial charge on any atom is -0.481 e. The summed E-state index contributed by atoms with van der Waals surface area (Å²) < 4.78 is 0. The van der Waals surface area contributed by atoms with Crippen molar-refractivity contribution in [3.63, 3.8) is 0 Å². The van der Waals surface area contributed by atoms with Crippen molar-refractivity contribution in [2.24, 2.45) is 17.8 Å². The second-order valence-corrected chi connectivity index (χ2v) is 6.60. The van der Waals surface area contributed by atoms with Crippen molar-refractivity contribution in [3.8, 4) is 0 Å². The number of carboxylic acid groups (broad SMARTS) is 1. The molecule has 0 aromatic heterocycles. The fraction of sp³-hybridized carbons (Fsp3) is 0.867. The zero-order valence-electron chi connectivity index (χ0n) is 12.5. The Hall–Kier alpha value is -1.10. The van der Waals surface area contributed by atoms with Gasteiger partial charge in [-0.15, -0.1) is 0 Å². The molecular formula is C15H26N2O3. The highest BCUT2D eigenvalue weighted by Crippen LogP contribution is 2.29. The molecule has 0 bridgehead atoms. The average molecular weight is 282 g/mol. The van der Waals surface area contributed by atoms with Crippen LogP contribution in [0, 0.1) is 17.8 Å². The van der Waals surface area contributed by atoms with E-state index in [0.717, 1.165) is 19.5 Å². The van der Waals surface area contributed by atoms with Crippen LogP contribution in [-0.4, -0.2) is 47.6 Å². The number of hydrogen-bond acceptors (Lipinski definition) is 3. The second-order valence-electron chi connectivity index (χ2n) is 6.60. The molecule has 20 heavy (non-hydrogen) atoms. The van der Waals surface area contributed by atoms with Gasteiger partial charge in [0.1, 0.15) is 0 Å². The molecule has 1 saturated heterocycles. The monoisotopic (exact) mass is 282 g/mol. The van der Waals surface area contributed by atoms with Gasteiger partial charge in [0.25, 0.3) is 0 Å². The normalized spacial score (nSPS) is 31.6. The van der Waals surface area contributed by atoms with Crippen LogP contribution in [-0.2, 0) is 9.59 Å². The number of aliphatic carboxylic acids is 1. The van der Waals surface area contributed by atoms with Crippen LogP contribution in [0.2, 0.25) is 0 Å². The van der Waals surface area contributed by atoms with Gasteiger partial charge in [-0.05, 0) is 24.2 Å². The van der Waals surface area contributed by atoms with Crippen molar-refractivity contribution in [1.29, 1.82) is 0 Å². The minimum atomic E-state index is -0.746. The summed E-state index contributed by atoms with van der Waals surface area (Å²) >= 11 is 0. The Labute approximate surface area is 120 Å². The Morgan fingerprint density at radius 1 is 1.25 bits per heavy atom. The van der Waals surface area contributed by atoms with E-state index in [1.54, 1.807) is 0 Å². The van der Waals surface area contributed by atoms with E-state index in [9.17, 15) is 9.59 Å². The highest BCUT2D eigenvalue weighted by molar-refractivity contribution is 5.78. The van der Waals surface area contributed by atoms with E-state index in [2.05, 4.69) is 19.2 Å². The highest BCUT2D eigenvalue weighted by atomic mass is 16.4. The van der Waals surface area contributed by atoms with Gasteiger partial charge in [0, 0.05) is 19.1 Å². The molecule has 2 rings (SSSR count). The van der Waals surface area contributed by atoms with Crippen molar-refractivity contribution >= 4 is 11.9 Å². The van der Waals surface area contributed by atoms with E-state index in [0.29, 0.717) is 24.4 Å². The summed E-state index contributed by atoms with van der Waals surface area (Å²) in [5, 5.41) is 11.8. The summed E-state index contributed by atoms with van der Waals surface area (Å²) in [7, 11) is 0. The lowest BCUT2D eigenvalue weighted by molar-refractivity contribution is -0.139. The fourth-order valence-corrected chi connectivity index (χ4v) is 3.42. The van der Waals surface area contributed by atoms with Gasteiger partial charge < -0.3 is 10.4 Å². The molecule has 1 heterocycles. The molecule has 3 unspecified atom stereocenters. The van der Waals surface area contributed by atoms with Crippen molar-refractivity contribution < 1.29 is 14.7 Å². The lowest BCUT2D eigenvalue weighted by Crippen LogP contribution is -2.53. The number of nitrogens with zero attached hydrogens (tertiary/aromatic N) is 1. The van der Waals surface area contributed by atoms with Crippen LogP contribution in [0.3, 0.4) is 0 Å². The molecule has 0 spiro atoms. The summed E-state index contributed by atoms with van der Waals surface area (Å²) in [6.07, 6.45) is 3.76. The number of carboxylic acids is 1. The largest absolute Gasteiger partial charge is 0.481 e. The van der Waals surface area contributed by atoms with E-state index in [1.165, 1.54) is 12.8 Å². The molecule has 1 aliphatic carbocycles. The van der Waals surface area contributed by atoms with E-state index >= 15 is 0 Å². The first kappa shape index (κ1) is 15.3. The lowest BCUT2D eigenvalue weighted by Gasteiger charge is -2.39. The second kappa shape index (κ2) is 6.57. The van der Waals surface area contributed by atoms with E-state index in [-0.39, 0.29) is 18.2 Å². The molecule has 0 aromatic carbocycles. The number of rotatable bonds is 5. The van der Waals surface area contributed by atoms with Crippen LogP contribution in [0.5, 0.6) is 0 Å². The maximum Gasteiger partial charge on any atom is 0.303 e. The number of carbonyl (C=O) groups is 2. The topological polar surface area (TPSA) is 69.6 Å². The minimum absolute atomic E-state index is 0.0877. The van der Waals surface area contributed by atoms with Gasteiger partial charge in [0.2, 0.25) is 5.91 Å². The van der Waals surface area contributed by atoms with Crippen molar-refractivity contribution in [2.75, 3.05) is 19.6 Å². The third-order valence-electron chi connectivity index (χ3n) is 4.92. The maximum absolute atomic E-state index is 12.0. The molecule has 0 radical (unpaired) electrons. The number of likely N-dealkylation sites (tertiary alicyclic amines) is 1. The maximum atomic E-state index is 12.0. The molecular weight excluding hydrogens is 256 g/mol. The third kappa shape index (κ3) is 3.95. The highest BCUT2D eigenvalue weighted by Gasteiger charge is 2.32. The molecule has 2 fully saturated rings. The average Bonchev–Trinajstić information content (AvgIpc) is 2.32. The quantitative estimate of drug-likeness (QED) is 0.798. The van der Waals surface area contributed by atoms with Gasteiger partial charge in [-0.3, -0.25) is 14.5 Å². The molecule has 114 valence electrons. The first-order valence-corrected chi connectivity index (χ1v) is 7.69. The smallest absolute Gasteiger partial charge is 0.303 e. The van der Waals surface area contributed by atoms with Crippen LogP contribution in [0.25, 0.3) is 0 Å². The molecule has 0 aromatic rings. The summed E-state index contributed by atoms with van der Waals surface area (Å²) in [4.78, 5) is 24.6. The van der Waals surface area contributed by atoms with E-state index in [1.807, 2.05) is 4.90 Å². The Bertz CT molecular complexity index is 366. The number of carbonyl (C=O) groups excluding carboxylic acids is 1. The molecule has 5 heteroatoms. The molecule has 2 N–H and O–H groups in total. The predicted octanol–water partition coefficient (Wildman–Crippen LogP) is 1.33. The molecule has 3 atom stereocenters. The van der Waals surface area contributed by atoms with Crippen LogP contribution < -0.4 is 5.32 Å². The summed E-state index contributed by atoms with van der Waals surface area (Å²) in [5.74, 6) is 0.782. The summed E-state index contributed by atoms with van der Waals surface area (Å²) in [6, 6.07) is 0.308. The fourth-order valence-electron chi connectivity index (χ4n) is 3.42. The first-order valence-electron chi connectivity index (χ1n) is 7.69. The molecule has 1 amide bonds. The van der Waals surface area contributed by atoms with E-state index < -0.39 is 5.97 Å². The van der Waals surface area contributed by atoms with Gasteiger partial charge in [0.15, 0.2) is 0 Å². The van der Waals surface area contributed by atoms with Gasteiger partial charge in [-0.2, -0.15) is 0 Å². The van der Waals surface area contributed by atoms with Gasteiger partial charge in [-0.1, -0.05) is 26.7 Å². The van der Waals surface area contributed by atoms with Crippen molar-refractivity contribution in [3.05, 3.63) is 0 Å². The third-order valence-corrected chi connectivity index (χ3v) is 4.92. The standard InChI is InChI=1S/C15H26N2O3/c1-10-4-3-5-13(11(10)2)16-14(18)9-17-7-12(8-17)6-15(19)20/h10-13H,3-9H2,1-2H3,(H,16,18)(H,19,20). The Morgan fingerprint density at radius 3 is 2.60 bits per heavy atom. The Morgan fingerprint density at radius 2 is 1.95 bits per heavy atom. The Balaban J connectivity index is 1.67. The molecule has 1 aliphatic heterocycles. The zero-order valence-corrected chi connectivity index (χ0v) is 12.5. The molecule has 2 aliphatic rings. The van der Waals surface area contributed by atoms with Gasteiger partial charge >= 0.3 is 5.97 Å². The number of hydrogen-bond donors (Lipinski definition) is 2. The number of amides is 1. The van der Waals surface area contributed by atoms with Crippen LogP contribution in [0.4, 0.5) is 0 Å². The van der Waals surface area contributed by atoms with Crippen molar-refractivity contribution in [2.45, 2.75) is 45.6 Å². The zero-order chi connectivity index (χ0) is 14.7. The van der Waals surface area contributed by atoms with E-state index in [4.69, 9.17) is 5.11 Å². The first-order chi connectivity index (χ1) is 9.45. The lowest BCUT2D eigenvalue weighted by atomic mass is 9.78. The van der Waals surface area contributed by atoms with Gasteiger partial charge in [-0.25, -0.2) is 0 Å². The van der Waals surface area contributed by atoms with Crippen LogP contribution in [0.15, 0.2) is 0 Å². The number of nitrogens with one attached hydrogen (secondary N) is 1. The van der Waals surface area contributed by atoms with Gasteiger partial charge in [0.05, 0.1) is 13.0 Å². The van der Waals surface area contributed by atoms with Crippen molar-refractivity contribution in [1.82, 2.24) is 10.2 Å². The summed E-state index contributed by atoms with van der Waals surface area (Å²) in [5.41, 5.74) is 0. The Kier molecular flexibility index (Phi) is 5.02. The van der Waals surface area contributed by atoms with Crippen LogP contribution in [0.1, 0.15) is 39.5 Å². The predicted molar refractivity (Wildman–Crippen MR) is 76.3 cm³/mol. The molecule has 5 nitrogen and oxygen atoms in total. The SMILES string of the molecule is CC1CCCC(NC(=O)CN2CC(CC(=O)O)C2)C1C. The summed E-state index contributed by atoms with van der Waals surface area (Å²) in [6.45, 7) is 6.36.